The smallest absolute Gasteiger partial charge is 0.191 e. The van der Waals surface area contributed by atoms with Crippen LogP contribution in [0.3, 0.4) is 0 Å². The molecule has 0 aromatic heterocycles. The number of thioether (sulfide) groups is 1. The van der Waals surface area contributed by atoms with Gasteiger partial charge in [0.05, 0.1) is 6.54 Å². The van der Waals surface area contributed by atoms with Gasteiger partial charge in [0.2, 0.25) is 0 Å². The molecule has 0 aliphatic rings. The van der Waals surface area contributed by atoms with Gasteiger partial charge in [0.25, 0.3) is 0 Å². The fourth-order valence-corrected chi connectivity index (χ4v) is 2.46. The van der Waals surface area contributed by atoms with Crippen molar-refractivity contribution < 1.29 is 4.74 Å². The third kappa shape index (κ3) is 8.17. The van der Waals surface area contributed by atoms with Gasteiger partial charge in [0.1, 0.15) is 11.9 Å². The van der Waals surface area contributed by atoms with Crippen LogP contribution in [-0.2, 0) is 0 Å². The molecule has 124 valence electrons. The molecular weight excluding hydrogens is 294 g/mol. The van der Waals surface area contributed by atoms with Crippen LogP contribution < -0.4 is 15.4 Å². The molecule has 0 aliphatic carbocycles. The van der Waals surface area contributed by atoms with Gasteiger partial charge < -0.3 is 15.4 Å². The number of hydrogen-bond donors (Lipinski definition) is 2. The Balaban J connectivity index is 2.28. The zero-order chi connectivity index (χ0) is 16.0. The molecule has 4 nitrogen and oxygen atoms in total. The van der Waals surface area contributed by atoms with Crippen molar-refractivity contribution in [3.8, 4) is 5.75 Å². The summed E-state index contributed by atoms with van der Waals surface area (Å²) in [5, 5.41) is 6.69. The highest BCUT2D eigenvalue weighted by molar-refractivity contribution is 7.98. The average molecular weight is 324 g/mol. The molecule has 0 bridgehead atoms. The van der Waals surface area contributed by atoms with Gasteiger partial charge in [-0.05, 0) is 43.4 Å². The largest absolute Gasteiger partial charge is 0.489 e. The first-order valence-corrected chi connectivity index (χ1v) is 9.34. The van der Waals surface area contributed by atoms with E-state index in [0.29, 0.717) is 0 Å². The predicted octanol–water partition coefficient (Wildman–Crippen LogP) is 3.15. The summed E-state index contributed by atoms with van der Waals surface area (Å²) in [5.41, 5.74) is 0. The van der Waals surface area contributed by atoms with Crippen LogP contribution in [-0.4, -0.2) is 44.2 Å². The van der Waals surface area contributed by atoms with E-state index in [1.165, 1.54) is 18.6 Å². The first-order chi connectivity index (χ1) is 10.8. The van der Waals surface area contributed by atoms with Crippen LogP contribution in [0.15, 0.2) is 35.3 Å². The minimum Gasteiger partial charge on any atom is -0.489 e. The Morgan fingerprint density at radius 1 is 1.23 bits per heavy atom. The molecule has 0 saturated carbocycles. The quantitative estimate of drug-likeness (QED) is 0.394. The number of nitrogens with one attached hydrogen (secondary N) is 2. The van der Waals surface area contributed by atoms with Crippen LogP contribution in [0.25, 0.3) is 0 Å². The van der Waals surface area contributed by atoms with E-state index < -0.39 is 0 Å². The maximum atomic E-state index is 5.97. The first-order valence-electron chi connectivity index (χ1n) is 7.95. The van der Waals surface area contributed by atoms with E-state index in [1.807, 2.05) is 42.1 Å². The summed E-state index contributed by atoms with van der Waals surface area (Å²) in [5.74, 6) is 2.98. The normalized spacial score (nSPS) is 12.8. The Hall–Kier alpha value is -1.36. The number of rotatable bonds is 10. The van der Waals surface area contributed by atoms with Crippen molar-refractivity contribution in [2.45, 2.75) is 32.3 Å². The molecule has 2 N–H and O–H groups in total. The van der Waals surface area contributed by atoms with E-state index in [1.54, 1.807) is 7.05 Å². The minimum atomic E-state index is 0.137. The molecule has 0 spiro atoms. The fourth-order valence-electron chi connectivity index (χ4n) is 1.97. The second kappa shape index (κ2) is 12.2. The third-order valence-corrected chi connectivity index (χ3v) is 3.99. The lowest BCUT2D eigenvalue weighted by Gasteiger charge is -2.20. The topological polar surface area (TPSA) is 45.7 Å². The van der Waals surface area contributed by atoms with Gasteiger partial charge in [-0.15, -0.1) is 0 Å². The van der Waals surface area contributed by atoms with Gasteiger partial charge in [-0.1, -0.05) is 25.1 Å². The van der Waals surface area contributed by atoms with E-state index in [9.17, 15) is 0 Å². The van der Waals surface area contributed by atoms with Crippen molar-refractivity contribution in [3.05, 3.63) is 30.3 Å². The Labute approximate surface area is 139 Å². The lowest BCUT2D eigenvalue weighted by molar-refractivity contribution is 0.199. The number of hydrogen-bond acceptors (Lipinski definition) is 3. The molecule has 0 amide bonds. The molecule has 5 heteroatoms. The van der Waals surface area contributed by atoms with E-state index >= 15 is 0 Å². The fraction of sp³-hybridized carbons (Fsp3) is 0.588. The van der Waals surface area contributed by atoms with E-state index in [-0.39, 0.29) is 6.10 Å². The molecule has 0 aliphatic heterocycles. The number of guanidine groups is 1. The number of para-hydroxylation sites is 1. The average Bonchev–Trinajstić information content (AvgIpc) is 2.57. The van der Waals surface area contributed by atoms with Gasteiger partial charge in [-0.2, -0.15) is 11.8 Å². The Morgan fingerprint density at radius 3 is 2.64 bits per heavy atom. The molecule has 22 heavy (non-hydrogen) atoms. The van der Waals surface area contributed by atoms with Crippen LogP contribution in [0.2, 0.25) is 0 Å². The summed E-state index contributed by atoms with van der Waals surface area (Å²) in [7, 11) is 1.80. The van der Waals surface area contributed by atoms with Crippen molar-refractivity contribution >= 4 is 17.7 Å². The number of unbranched alkanes of at least 4 members (excludes halogenated alkanes) is 1. The van der Waals surface area contributed by atoms with Crippen LogP contribution in [0, 0.1) is 0 Å². The van der Waals surface area contributed by atoms with Crippen molar-refractivity contribution in [3.63, 3.8) is 0 Å². The van der Waals surface area contributed by atoms with Gasteiger partial charge in [0, 0.05) is 13.6 Å². The molecule has 0 fully saturated rings. The molecule has 0 heterocycles. The van der Waals surface area contributed by atoms with Gasteiger partial charge in [0.15, 0.2) is 5.96 Å². The van der Waals surface area contributed by atoms with Crippen LogP contribution in [0.4, 0.5) is 0 Å². The number of ether oxygens (including phenoxy) is 1. The van der Waals surface area contributed by atoms with Crippen molar-refractivity contribution in [2.75, 3.05) is 32.1 Å². The van der Waals surface area contributed by atoms with Crippen LogP contribution >= 0.6 is 11.8 Å². The minimum absolute atomic E-state index is 0.137. The molecule has 1 unspecified atom stereocenters. The van der Waals surface area contributed by atoms with Crippen molar-refractivity contribution in [1.82, 2.24) is 10.6 Å². The highest BCUT2D eigenvalue weighted by Gasteiger charge is 2.08. The first kappa shape index (κ1) is 18.7. The SMILES string of the molecule is CCC(CNC(=NC)NCCCCSC)Oc1ccccc1. The van der Waals surface area contributed by atoms with Crippen molar-refractivity contribution in [2.24, 2.45) is 4.99 Å². The third-order valence-electron chi connectivity index (χ3n) is 3.29. The Morgan fingerprint density at radius 2 is 2.00 bits per heavy atom. The zero-order valence-electron chi connectivity index (χ0n) is 14.0. The maximum absolute atomic E-state index is 5.97. The summed E-state index contributed by atoms with van der Waals surface area (Å²) in [6, 6.07) is 9.95. The lowest BCUT2D eigenvalue weighted by Crippen LogP contribution is -2.42. The van der Waals surface area contributed by atoms with Gasteiger partial charge >= 0.3 is 0 Å². The summed E-state index contributed by atoms with van der Waals surface area (Å²) in [6.07, 6.45) is 5.63. The molecule has 1 aromatic rings. The zero-order valence-corrected chi connectivity index (χ0v) is 14.8. The molecule has 1 atom stereocenters. The van der Waals surface area contributed by atoms with E-state index in [0.717, 1.165) is 31.2 Å². The number of nitrogens with zero attached hydrogens (tertiary/aromatic N) is 1. The second-order valence-electron chi connectivity index (χ2n) is 5.04. The maximum Gasteiger partial charge on any atom is 0.191 e. The molecule has 0 radical (unpaired) electrons. The predicted molar refractivity (Wildman–Crippen MR) is 98.1 cm³/mol. The summed E-state index contributed by atoms with van der Waals surface area (Å²) >= 11 is 1.89. The van der Waals surface area contributed by atoms with E-state index in [2.05, 4.69) is 28.8 Å². The lowest BCUT2D eigenvalue weighted by atomic mass is 10.2. The molecule has 0 saturated heterocycles. The summed E-state index contributed by atoms with van der Waals surface area (Å²) < 4.78 is 5.97. The van der Waals surface area contributed by atoms with E-state index in [4.69, 9.17) is 4.74 Å². The number of benzene rings is 1. The van der Waals surface area contributed by atoms with Crippen LogP contribution in [0.5, 0.6) is 5.75 Å². The molecule has 1 aromatic carbocycles. The monoisotopic (exact) mass is 323 g/mol. The van der Waals surface area contributed by atoms with Gasteiger partial charge in [-0.25, -0.2) is 0 Å². The molecule has 1 rings (SSSR count). The molecular formula is C17H29N3OS. The highest BCUT2D eigenvalue weighted by Crippen LogP contribution is 2.11. The summed E-state index contributed by atoms with van der Waals surface area (Å²) in [6.45, 7) is 3.83. The van der Waals surface area contributed by atoms with Gasteiger partial charge in [-0.3, -0.25) is 4.99 Å². The number of aliphatic imine (C=N–C) groups is 1. The Bertz CT molecular complexity index is 412. The summed E-state index contributed by atoms with van der Waals surface area (Å²) in [4.78, 5) is 4.25. The van der Waals surface area contributed by atoms with Crippen molar-refractivity contribution in [1.29, 1.82) is 0 Å². The highest BCUT2D eigenvalue weighted by atomic mass is 32.2. The van der Waals surface area contributed by atoms with Crippen LogP contribution in [0.1, 0.15) is 26.2 Å². The standard InChI is InChI=1S/C17H29N3OS/c1-4-15(21-16-10-6-5-7-11-16)14-20-17(18-2)19-12-8-9-13-22-3/h5-7,10-11,15H,4,8-9,12-14H2,1-3H3,(H2,18,19,20). The Kier molecular flexibility index (Phi) is 10.4. The second-order valence-corrected chi connectivity index (χ2v) is 6.03.